The van der Waals surface area contributed by atoms with Crippen molar-refractivity contribution in [1.29, 1.82) is 0 Å². The Labute approximate surface area is 210 Å². The number of aryl methyl sites for hydroxylation is 3. The van der Waals surface area contributed by atoms with E-state index in [1.807, 2.05) is 77.9 Å². The van der Waals surface area contributed by atoms with Crippen LogP contribution in [0.15, 0.2) is 42.5 Å². The molecule has 0 heterocycles. The summed E-state index contributed by atoms with van der Waals surface area (Å²) in [5.74, 6) is -0.399. The Morgan fingerprint density at radius 3 is 2.09 bits per heavy atom. The topological polar surface area (TPSA) is 86.8 Å². The van der Waals surface area contributed by atoms with Gasteiger partial charge in [0, 0.05) is 13.1 Å². The molecule has 2 aromatic carbocycles. The van der Waals surface area contributed by atoms with Crippen molar-refractivity contribution in [3.8, 4) is 0 Å². The van der Waals surface area contributed by atoms with Crippen LogP contribution < -0.4 is 9.62 Å². The number of hydrogen-bond donors (Lipinski definition) is 1. The zero-order chi connectivity index (χ0) is 26.3. The van der Waals surface area contributed by atoms with Crippen LogP contribution in [0, 0.1) is 26.7 Å². The van der Waals surface area contributed by atoms with E-state index in [1.165, 1.54) is 4.90 Å². The number of sulfonamides is 1. The van der Waals surface area contributed by atoms with E-state index in [0.717, 1.165) is 32.8 Å². The second-order valence-corrected chi connectivity index (χ2v) is 11.5. The second kappa shape index (κ2) is 12.2. The molecule has 1 N–H and O–H groups in total. The molecule has 1 atom stereocenters. The molecular formula is C27H39N3O4S. The Balaban J connectivity index is 2.44. The molecule has 0 aromatic heterocycles. The first-order valence-corrected chi connectivity index (χ1v) is 13.9. The largest absolute Gasteiger partial charge is 0.354 e. The van der Waals surface area contributed by atoms with Crippen LogP contribution in [-0.4, -0.2) is 50.5 Å². The Kier molecular flexibility index (Phi) is 9.89. The number of nitrogens with zero attached hydrogens (tertiary/aromatic N) is 2. The molecule has 0 saturated carbocycles. The van der Waals surface area contributed by atoms with Crippen LogP contribution >= 0.6 is 0 Å². The lowest BCUT2D eigenvalue weighted by molar-refractivity contribution is -0.140. The summed E-state index contributed by atoms with van der Waals surface area (Å²) in [5.41, 5.74) is 4.18. The molecule has 0 bridgehead atoms. The number of hydrogen-bond acceptors (Lipinski definition) is 4. The summed E-state index contributed by atoms with van der Waals surface area (Å²) in [4.78, 5) is 28.3. The van der Waals surface area contributed by atoms with Crippen LogP contribution in [0.25, 0.3) is 0 Å². The molecule has 0 fully saturated rings. The highest BCUT2D eigenvalue weighted by Gasteiger charge is 2.32. The fraction of sp³-hybridized carbons (Fsp3) is 0.481. The smallest absolute Gasteiger partial charge is 0.244 e. The lowest BCUT2D eigenvalue weighted by Gasteiger charge is -2.33. The van der Waals surface area contributed by atoms with Crippen molar-refractivity contribution < 1.29 is 18.0 Å². The van der Waals surface area contributed by atoms with E-state index in [1.54, 1.807) is 6.07 Å². The van der Waals surface area contributed by atoms with E-state index in [2.05, 4.69) is 5.32 Å². The molecule has 0 aliphatic heterocycles. The molecule has 2 aromatic rings. The maximum atomic E-state index is 13.7. The van der Waals surface area contributed by atoms with E-state index in [9.17, 15) is 18.0 Å². The van der Waals surface area contributed by atoms with Gasteiger partial charge < -0.3 is 10.2 Å². The quantitative estimate of drug-likeness (QED) is 0.505. The van der Waals surface area contributed by atoms with Gasteiger partial charge in [-0.1, -0.05) is 68.3 Å². The van der Waals surface area contributed by atoms with Crippen molar-refractivity contribution >= 4 is 27.5 Å². The van der Waals surface area contributed by atoms with Crippen molar-refractivity contribution in [2.24, 2.45) is 5.92 Å². The molecule has 0 aliphatic carbocycles. The summed E-state index contributed by atoms with van der Waals surface area (Å²) in [7, 11) is -3.75. The van der Waals surface area contributed by atoms with Crippen molar-refractivity contribution in [3.63, 3.8) is 0 Å². The van der Waals surface area contributed by atoms with Crippen LogP contribution in [-0.2, 0) is 26.2 Å². The highest BCUT2D eigenvalue weighted by atomic mass is 32.2. The fourth-order valence-electron chi connectivity index (χ4n) is 3.91. The molecule has 0 unspecified atom stereocenters. The standard InChI is InChI=1S/C27H39N3O4S/c1-8-24(27(32)28-16-19(2)3)29(17-23-12-9-20(4)10-13-23)26(31)18-30(35(7,33)34)25-14-11-21(5)15-22(25)6/h9-15,19,24H,8,16-18H2,1-7H3,(H,28,32)/t24-/m0/s1. The van der Waals surface area contributed by atoms with Crippen molar-refractivity contribution in [2.45, 2.75) is 60.5 Å². The van der Waals surface area contributed by atoms with Crippen LogP contribution in [0.4, 0.5) is 5.69 Å². The molecule has 8 heteroatoms. The molecular weight excluding hydrogens is 462 g/mol. The third-order valence-electron chi connectivity index (χ3n) is 5.84. The Bertz CT molecular complexity index is 1130. The van der Waals surface area contributed by atoms with E-state index >= 15 is 0 Å². The zero-order valence-electron chi connectivity index (χ0n) is 22.0. The molecule has 2 amide bonds. The van der Waals surface area contributed by atoms with Gasteiger partial charge in [-0.05, 0) is 50.3 Å². The summed E-state index contributed by atoms with van der Waals surface area (Å²) in [6.45, 7) is 11.9. The summed E-state index contributed by atoms with van der Waals surface area (Å²) >= 11 is 0. The van der Waals surface area contributed by atoms with Crippen LogP contribution in [0.3, 0.4) is 0 Å². The third kappa shape index (κ3) is 8.09. The predicted molar refractivity (Wildman–Crippen MR) is 142 cm³/mol. The Hall–Kier alpha value is -2.87. The second-order valence-electron chi connectivity index (χ2n) is 9.63. The maximum Gasteiger partial charge on any atom is 0.244 e. The number of benzene rings is 2. The molecule has 0 saturated heterocycles. The van der Waals surface area contributed by atoms with Gasteiger partial charge in [-0.2, -0.15) is 0 Å². The first-order valence-electron chi connectivity index (χ1n) is 12.0. The van der Waals surface area contributed by atoms with Gasteiger partial charge in [-0.15, -0.1) is 0 Å². The molecule has 192 valence electrons. The first-order chi connectivity index (χ1) is 16.3. The summed E-state index contributed by atoms with van der Waals surface area (Å²) in [5, 5.41) is 2.93. The highest BCUT2D eigenvalue weighted by Crippen LogP contribution is 2.24. The van der Waals surface area contributed by atoms with Gasteiger partial charge in [0.1, 0.15) is 12.6 Å². The van der Waals surface area contributed by atoms with Crippen LogP contribution in [0.1, 0.15) is 49.4 Å². The molecule has 0 radical (unpaired) electrons. The molecule has 35 heavy (non-hydrogen) atoms. The number of nitrogens with one attached hydrogen (secondary N) is 1. The minimum Gasteiger partial charge on any atom is -0.354 e. The van der Waals surface area contributed by atoms with Gasteiger partial charge in [0.2, 0.25) is 21.8 Å². The number of anilines is 1. The van der Waals surface area contributed by atoms with Crippen molar-refractivity contribution in [1.82, 2.24) is 10.2 Å². The Morgan fingerprint density at radius 2 is 1.57 bits per heavy atom. The first kappa shape index (κ1) is 28.4. The van der Waals surface area contributed by atoms with Gasteiger partial charge >= 0.3 is 0 Å². The van der Waals surface area contributed by atoms with E-state index in [4.69, 9.17) is 0 Å². The number of carbonyl (C=O) groups excluding carboxylic acids is 2. The number of carbonyl (C=O) groups is 2. The van der Waals surface area contributed by atoms with Crippen LogP contribution in [0.5, 0.6) is 0 Å². The Morgan fingerprint density at radius 1 is 0.971 bits per heavy atom. The van der Waals surface area contributed by atoms with Crippen LogP contribution in [0.2, 0.25) is 0 Å². The van der Waals surface area contributed by atoms with Crippen molar-refractivity contribution in [3.05, 3.63) is 64.7 Å². The average Bonchev–Trinajstić information content (AvgIpc) is 2.76. The SMILES string of the molecule is CC[C@@H](C(=O)NCC(C)C)N(Cc1ccc(C)cc1)C(=O)CN(c1ccc(C)cc1C)S(C)(=O)=O. The zero-order valence-corrected chi connectivity index (χ0v) is 22.8. The summed E-state index contributed by atoms with van der Waals surface area (Å²) < 4.78 is 26.6. The summed E-state index contributed by atoms with van der Waals surface area (Å²) in [6.07, 6.45) is 1.50. The minimum atomic E-state index is -3.75. The fourth-order valence-corrected chi connectivity index (χ4v) is 4.82. The lowest BCUT2D eigenvalue weighted by Crippen LogP contribution is -2.52. The van der Waals surface area contributed by atoms with E-state index in [0.29, 0.717) is 18.7 Å². The molecule has 0 aliphatic rings. The van der Waals surface area contributed by atoms with Crippen molar-refractivity contribution in [2.75, 3.05) is 23.7 Å². The molecule has 7 nitrogen and oxygen atoms in total. The lowest BCUT2D eigenvalue weighted by atomic mass is 10.1. The third-order valence-corrected chi connectivity index (χ3v) is 6.97. The monoisotopic (exact) mass is 501 g/mol. The number of amides is 2. The van der Waals surface area contributed by atoms with E-state index in [-0.39, 0.29) is 24.9 Å². The maximum absolute atomic E-state index is 13.7. The van der Waals surface area contributed by atoms with Gasteiger partial charge in [0.05, 0.1) is 11.9 Å². The van der Waals surface area contributed by atoms with Gasteiger partial charge in [0.25, 0.3) is 0 Å². The molecule has 0 spiro atoms. The van der Waals surface area contributed by atoms with Gasteiger partial charge in [0.15, 0.2) is 0 Å². The molecule has 2 rings (SSSR count). The average molecular weight is 502 g/mol. The summed E-state index contributed by atoms with van der Waals surface area (Å²) in [6, 6.07) is 12.5. The number of rotatable bonds is 11. The highest BCUT2D eigenvalue weighted by molar-refractivity contribution is 7.92. The van der Waals surface area contributed by atoms with E-state index < -0.39 is 22.0 Å². The van der Waals surface area contributed by atoms with Gasteiger partial charge in [-0.25, -0.2) is 8.42 Å². The van der Waals surface area contributed by atoms with Gasteiger partial charge in [-0.3, -0.25) is 13.9 Å². The minimum absolute atomic E-state index is 0.206. The normalized spacial score (nSPS) is 12.3. The predicted octanol–water partition coefficient (Wildman–Crippen LogP) is 3.96.